The SMILES string of the molecule is CCC(NC(=O)[C@@H]1[C@@H](C)CCN1C(=O)[C@@H](NC(=O)[C@@H](NC(=O)c1cnccn1)C(C)C)C(C)C)C(=O)C(=O)NCc1ccccc1.CCC(NC(=O)[C@@H]1[C@@H](C)CCN1C(=O)[C@@H](NC(=O)[C@@H](NC(=O)c1cnccn1)C(C)C)C(C)C)C(=O)C(=O)N[C@@H](C)c1ccccc1.CCCC(NC(=O)[C@@H]1C(c2ccccc2)CCN1C(=O)[C@@H](NC(=O)[C@@H](NC(=O)c1cnccn1)C(C)C)C(C)C)C(=O)C(=O)NCC(=O)O. The standard InChI is InChI=1S/C34H45N7O8.C34H47N7O6.C33H45N7O6/c1-6-10-23(29(44)33(48)37-18-25(42)43)38-32(47)28-22(21-11-8-7-9-12-21)13-16-41(28)34(49)27(20(4)5)40-31(46)26(19(2)3)39-30(45)24-17-35-14-15-36-24;1-8-24(29(42)33(46)37-22(7)23-12-10-9-11-13-23)38-32(45)28-21(6)14-17-41(28)34(47)27(20(4)5)40-31(44)26(19(2)3)39-30(43)25-18-35-15-16-36-25;1-7-23(28(41)32(45)36-17-22-11-9-8-10-12-22)37-31(44)27-21(6)13-16-40(27)33(46)26(20(4)5)39-30(43)25(19(2)3)38-29(42)24-18-34-14-15-35-24/h7-9,11-12,14-15,17,19-20,22-23,26-28H,6,10,13,16,18H2,1-5H3,(H,37,48)(H,38,47)(H,39,45)(H,40,46)(H,42,43);9-13,15-16,18-22,24,26-28H,8,14,17H2,1-7H3,(H,37,46)(H,38,45)(H,39,43)(H,40,44);8-12,14-15,18-21,23,25-27H,7,13,16-17H2,1-6H3,(H,36,45)(H,37,44)(H,38,42)(H,39,43)/t22?,23?,26-,27-,28-;21-,22-,24?,26-,27-,28-;21-,23?,25-,26-,27-/m000/s1. The van der Waals surface area contributed by atoms with E-state index in [1.165, 1.54) is 70.5 Å². The lowest BCUT2D eigenvalue weighted by molar-refractivity contribution is -0.145. The minimum atomic E-state index is -1.33. The predicted molar refractivity (Wildman–Crippen MR) is 521 cm³/mol. The second kappa shape index (κ2) is 55.4. The molecule has 3 fully saturated rings. The van der Waals surface area contributed by atoms with Crippen LogP contribution in [-0.4, -0.2) is 260 Å². The Morgan fingerprint density at radius 1 is 0.366 bits per heavy atom. The lowest BCUT2D eigenvalue weighted by Gasteiger charge is -2.34. The fourth-order valence-electron chi connectivity index (χ4n) is 16.6. The van der Waals surface area contributed by atoms with Gasteiger partial charge in [-0.25, -0.2) is 15.0 Å². The van der Waals surface area contributed by atoms with Crippen molar-refractivity contribution in [2.24, 2.45) is 47.3 Å². The number of nitrogens with one attached hydrogen (secondary N) is 12. The zero-order valence-corrected chi connectivity index (χ0v) is 83.8. The molecule has 3 saturated heterocycles. The van der Waals surface area contributed by atoms with Crippen molar-refractivity contribution < 1.29 is 96.2 Å². The Bertz CT molecular complexity index is 5340. The molecule has 3 aliphatic heterocycles. The Balaban J connectivity index is 0.000000289. The minimum Gasteiger partial charge on any atom is -0.480 e. The van der Waals surface area contributed by atoms with Crippen LogP contribution < -0.4 is 63.8 Å². The smallest absolute Gasteiger partial charge is 0.322 e. The Kier molecular flexibility index (Phi) is 44.7. The number of ketones is 3. The zero-order valence-electron chi connectivity index (χ0n) is 83.8. The summed E-state index contributed by atoms with van der Waals surface area (Å²) < 4.78 is 0. The van der Waals surface area contributed by atoms with Crippen LogP contribution in [0.1, 0.15) is 230 Å². The van der Waals surface area contributed by atoms with Gasteiger partial charge in [0, 0.05) is 69.3 Å². The van der Waals surface area contributed by atoms with E-state index in [0.29, 0.717) is 25.7 Å². The van der Waals surface area contributed by atoms with Crippen molar-refractivity contribution in [3.63, 3.8) is 0 Å². The van der Waals surface area contributed by atoms with Crippen LogP contribution in [0, 0.1) is 47.3 Å². The van der Waals surface area contributed by atoms with Crippen molar-refractivity contribution in [1.29, 1.82) is 0 Å². The molecule has 0 radical (unpaired) electrons. The Morgan fingerprint density at radius 3 is 1.05 bits per heavy atom. The lowest BCUT2D eigenvalue weighted by atomic mass is 9.90. The second-order valence-corrected chi connectivity index (χ2v) is 37.5. The third-order valence-electron chi connectivity index (χ3n) is 24.8. The lowest BCUT2D eigenvalue weighted by Crippen LogP contribution is -2.60. The summed E-state index contributed by atoms with van der Waals surface area (Å²) in [7, 11) is 0. The first-order chi connectivity index (χ1) is 67.4. The summed E-state index contributed by atoms with van der Waals surface area (Å²) in [4.78, 5) is 278. The van der Waals surface area contributed by atoms with Crippen molar-refractivity contribution in [2.75, 3.05) is 26.2 Å². The normalized spacial score (nSPS) is 18.0. The van der Waals surface area contributed by atoms with Crippen molar-refractivity contribution in [3.8, 4) is 0 Å². The number of carbonyl (C=O) groups is 19. The zero-order chi connectivity index (χ0) is 105. The van der Waals surface area contributed by atoms with E-state index >= 15 is 0 Å². The molecule has 13 N–H and O–H groups in total. The number of benzene rings is 3. The van der Waals surface area contributed by atoms with Gasteiger partial charge in [-0.1, -0.05) is 215 Å². The van der Waals surface area contributed by atoms with Crippen LogP contribution in [-0.2, 0) is 83.3 Å². The Labute approximate surface area is 827 Å². The molecule has 766 valence electrons. The second-order valence-electron chi connectivity index (χ2n) is 37.5. The van der Waals surface area contributed by atoms with Gasteiger partial charge in [0.1, 0.15) is 78.0 Å². The van der Waals surface area contributed by atoms with E-state index in [1.807, 2.05) is 110 Å². The number of carboxylic acids is 1. The quantitative estimate of drug-likeness (QED) is 0.0239. The molecule has 3 aliphatic rings. The molecule has 6 heterocycles. The third kappa shape index (κ3) is 32.2. The molecular formula is C101H137N21O20. The molecule has 41 heteroatoms. The van der Waals surface area contributed by atoms with E-state index < -0.39 is 209 Å². The molecule has 0 spiro atoms. The van der Waals surface area contributed by atoms with Crippen LogP contribution in [0.25, 0.3) is 0 Å². The average molecular weight is 1970 g/mol. The van der Waals surface area contributed by atoms with Crippen molar-refractivity contribution in [2.45, 2.75) is 261 Å². The molecule has 41 nitrogen and oxygen atoms in total. The number of aromatic nitrogens is 6. The molecule has 9 rings (SSSR count). The summed E-state index contributed by atoms with van der Waals surface area (Å²) >= 11 is 0. The van der Waals surface area contributed by atoms with Gasteiger partial charge in [0.05, 0.1) is 42.8 Å². The number of carboxylic acid groups (broad SMARTS) is 1. The molecule has 4 unspecified atom stereocenters. The van der Waals surface area contributed by atoms with Crippen LogP contribution >= 0.6 is 0 Å². The number of hydrogen-bond acceptors (Lipinski definition) is 25. The van der Waals surface area contributed by atoms with Gasteiger partial charge in [-0.3, -0.25) is 106 Å². The van der Waals surface area contributed by atoms with Gasteiger partial charge in [0.15, 0.2) is 0 Å². The average Bonchev–Trinajstić information content (AvgIpc) is 1.64. The molecule has 0 saturated carbocycles. The van der Waals surface area contributed by atoms with Gasteiger partial charge >= 0.3 is 5.97 Å². The fourth-order valence-corrected chi connectivity index (χ4v) is 16.6. The topological polar surface area (TPSA) is 576 Å². The number of likely N-dealkylation sites (tertiary alicyclic amines) is 3. The molecular weight excluding hydrogens is 1830 g/mol. The number of rotatable bonds is 44. The van der Waals surface area contributed by atoms with Crippen molar-refractivity contribution >= 4 is 112 Å². The molecule has 3 aromatic carbocycles. The van der Waals surface area contributed by atoms with Gasteiger partial charge in [0.25, 0.3) is 35.4 Å². The number of Topliss-reactive ketones (excluding diaryl/α,β-unsaturated/α-hetero) is 3. The number of nitrogens with zero attached hydrogens (tertiary/aromatic N) is 9. The van der Waals surface area contributed by atoms with Gasteiger partial charge in [-0.2, -0.15) is 0 Å². The third-order valence-corrected chi connectivity index (χ3v) is 24.8. The number of carbonyl (C=O) groups excluding carboxylic acids is 18. The van der Waals surface area contributed by atoms with E-state index in [9.17, 15) is 91.1 Å². The summed E-state index contributed by atoms with van der Waals surface area (Å²) in [5.74, 6) is -16.3. The van der Waals surface area contributed by atoms with Crippen LogP contribution in [0.5, 0.6) is 0 Å². The summed E-state index contributed by atoms with van der Waals surface area (Å²) in [5.41, 5.74) is 2.57. The van der Waals surface area contributed by atoms with Gasteiger partial charge in [-0.15, -0.1) is 0 Å². The number of amides is 15. The highest BCUT2D eigenvalue weighted by molar-refractivity contribution is 6.39. The maximum absolute atomic E-state index is 14.3. The van der Waals surface area contributed by atoms with Crippen LogP contribution in [0.3, 0.4) is 0 Å². The van der Waals surface area contributed by atoms with E-state index in [2.05, 4.69) is 88.4 Å². The maximum Gasteiger partial charge on any atom is 0.322 e. The van der Waals surface area contributed by atoms with Gasteiger partial charge in [-0.05, 0) is 109 Å². The maximum atomic E-state index is 14.3. The van der Waals surface area contributed by atoms with E-state index in [1.54, 1.807) is 111 Å². The monoisotopic (exact) mass is 1960 g/mol. The molecule has 16 atom stereocenters. The molecule has 0 aliphatic carbocycles. The fraction of sp³-hybridized carbons (Fsp3) is 0.515. The molecule has 3 aromatic heterocycles. The van der Waals surface area contributed by atoms with Crippen molar-refractivity contribution in [3.05, 3.63) is 181 Å². The first-order valence-electron chi connectivity index (χ1n) is 48.2. The van der Waals surface area contributed by atoms with E-state index in [-0.39, 0.29) is 104 Å². The Hall–Kier alpha value is -14.6. The largest absolute Gasteiger partial charge is 0.480 e. The first kappa shape index (κ1) is 114. The summed E-state index contributed by atoms with van der Waals surface area (Å²) in [6.07, 6.45) is 14.6. The molecule has 6 aromatic rings. The highest BCUT2D eigenvalue weighted by Gasteiger charge is 2.50. The van der Waals surface area contributed by atoms with E-state index in [0.717, 1.165) is 16.7 Å². The Morgan fingerprint density at radius 2 is 0.697 bits per heavy atom. The predicted octanol–water partition coefficient (Wildman–Crippen LogP) is 4.15. The first-order valence-corrected chi connectivity index (χ1v) is 48.2. The summed E-state index contributed by atoms with van der Waals surface area (Å²) in [6, 6.07) is 14.7. The summed E-state index contributed by atoms with van der Waals surface area (Å²) in [5, 5.41) is 40.7. The molecule has 142 heavy (non-hydrogen) atoms. The minimum absolute atomic E-state index is 0.0227. The number of hydrogen-bond donors (Lipinski definition) is 13. The van der Waals surface area contributed by atoms with Crippen molar-refractivity contribution in [1.82, 2.24) is 108 Å². The highest BCUT2D eigenvalue weighted by atomic mass is 16.4. The number of aliphatic carboxylic acids is 1. The van der Waals surface area contributed by atoms with Crippen LogP contribution in [0.2, 0.25) is 0 Å². The highest BCUT2D eigenvalue weighted by Crippen LogP contribution is 2.36. The van der Waals surface area contributed by atoms with Gasteiger partial charge < -0.3 is 83.6 Å². The van der Waals surface area contributed by atoms with Crippen LogP contribution in [0.15, 0.2) is 147 Å². The van der Waals surface area contributed by atoms with Gasteiger partial charge in [0.2, 0.25) is 70.5 Å². The molecule has 0 bridgehead atoms. The summed E-state index contributed by atoms with van der Waals surface area (Å²) in [6.45, 7) is 31.9. The van der Waals surface area contributed by atoms with Crippen LogP contribution in [0.4, 0.5) is 0 Å². The molecule has 15 amide bonds. The van der Waals surface area contributed by atoms with E-state index in [4.69, 9.17) is 5.11 Å².